The molecule has 0 aromatic heterocycles. The first-order valence-electron chi connectivity index (χ1n) is 7.53. The highest BCUT2D eigenvalue weighted by molar-refractivity contribution is 6.30. The minimum atomic E-state index is -0.152. The quantitative estimate of drug-likeness (QED) is 0.930. The molecule has 1 N–H and O–H groups in total. The molecule has 0 radical (unpaired) electrons. The van der Waals surface area contributed by atoms with Crippen molar-refractivity contribution >= 4 is 17.5 Å². The van der Waals surface area contributed by atoms with Gasteiger partial charge in [0, 0.05) is 17.0 Å². The van der Waals surface area contributed by atoms with E-state index in [0.717, 1.165) is 23.3 Å². The van der Waals surface area contributed by atoms with Crippen LogP contribution in [0, 0.1) is 6.92 Å². The van der Waals surface area contributed by atoms with Crippen LogP contribution in [-0.4, -0.2) is 19.1 Å². The fourth-order valence-electron chi connectivity index (χ4n) is 2.65. The fourth-order valence-corrected chi connectivity index (χ4v) is 2.87. The van der Waals surface area contributed by atoms with Crippen LogP contribution in [0.5, 0.6) is 11.5 Å². The van der Waals surface area contributed by atoms with Gasteiger partial charge in [0.25, 0.3) is 5.91 Å². The highest BCUT2D eigenvalue weighted by Crippen LogP contribution is 2.31. The second-order valence-corrected chi connectivity index (χ2v) is 5.93. The molecule has 3 rings (SSSR count). The molecule has 1 heterocycles. The Morgan fingerprint density at radius 1 is 1.35 bits per heavy atom. The topological polar surface area (TPSA) is 47.6 Å². The summed E-state index contributed by atoms with van der Waals surface area (Å²) in [4.78, 5) is 12.2. The first-order valence-corrected chi connectivity index (χ1v) is 7.91. The van der Waals surface area contributed by atoms with Gasteiger partial charge in [0.2, 0.25) is 0 Å². The summed E-state index contributed by atoms with van der Waals surface area (Å²) in [6, 6.07) is 13.1. The summed E-state index contributed by atoms with van der Waals surface area (Å²) in [6.45, 7) is 2.47. The summed E-state index contributed by atoms with van der Waals surface area (Å²) < 4.78 is 11.2. The van der Waals surface area contributed by atoms with Crippen molar-refractivity contribution in [2.75, 3.05) is 13.2 Å². The molecule has 0 saturated carbocycles. The third-order valence-corrected chi connectivity index (χ3v) is 4.02. The van der Waals surface area contributed by atoms with Crippen molar-refractivity contribution in [1.29, 1.82) is 0 Å². The second kappa shape index (κ2) is 6.92. The SMILES string of the molecule is Cc1cc(Cl)ccc1OCC(=O)N[C@@H]1CCOc2ccccc21. The zero-order valence-electron chi connectivity index (χ0n) is 12.8. The zero-order chi connectivity index (χ0) is 16.2. The zero-order valence-corrected chi connectivity index (χ0v) is 13.6. The minimum Gasteiger partial charge on any atom is -0.493 e. The highest BCUT2D eigenvalue weighted by atomic mass is 35.5. The van der Waals surface area contributed by atoms with Gasteiger partial charge in [-0.2, -0.15) is 0 Å². The van der Waals surface area contributed by atoms with Gasteiger partial charge < -0.3 is 14.8 Å². The third-order valence-electron chi connectivity index (χ3n) is 3.79. The number of carbonyl (C=O) groups excluding carboxylic acids is 1. The first kappa shape index (κ1) is 15.7. The van der Waals surface area contributed by atoms with Crippen molar-refractivity contribution in [3.63, 3.8) is 0 Å². The van der Waals surface area contributed by atoms with Crippen LogP contribution in [0.3, 0.4) is 0 Å². The van der Waals surface area contributed by atoms with E-state index < -0.39 is 0 Å². The molecule has 0 fully saturated rings. The highest BCUT2D eigenvalue weighted by Gasteiger charge is 2.22. The second-order valence-electron chi connectivity index (χ2n) is 5.49. The molecule has 5 heteroatoms. The largest absolute Gasteiger partial charge is 0.493 e. The minimum absolute atomic E-state index is 0.0258. The molecular weight excluding hydrogens is 314 g/mol. The van der Waals surface area contributed by atoms with Crippen LogP contribution < -0.4 is 14.8 Å². The predicted octanol–water partition coefficient (Wildman–Crippen LogP) is 3.67. The van der Waals surface area contributed by atoms with E-state index in [2.05, 4.69) is 5.32 Å². The van der Waals surface area contributed by atoms with E-state index in [1.54, 1.807) is 12.1 Å². The van der Waals surface area contributed by atoms with E-state index >= 15 is 0 Å². The number of aryl methyl sites for hydroxylation is 1. The van der Waals surface area contributed by atoms with Gasteiger partial charge in [-0.25, -0.2) is 0 Å². The summed E-state index contributed by atoms with van der Waals surface area (Å²) in [6.07, 6.45) is 0.753. The number of halogens is 1. The molecular formula is C18H18ClNO3. The van der Waals surface area contributed by atoms with Crippen LogP contribution in [0.15, 0.2) is 42.5 Å². The number of hydrogen-bond acceptors (Lipinski definition) is 3. The van der Waals surface area contributed by atoms with E-state index in [4.69, 9.17) is 21.1 Å². The summed E-state index contributed by atoms with van der Waals surface area (Å²) in [7, 11) is 0. The van der Waals surface area contributed by atoms with Crippen LogP contribution >= 0.6 is 11.6 Å². The van der Waals surface area contributed by atoms with E-state index in [1.807, 2.05) is 37.3 Å². The molecule has 0 bridgehead atoms. The van der Waals surface area contributed by atoms with Gasteiger partial charge in [0.15, 0.2) is 6.61 Å². The molecule has 23 heavy (non-hydrogen) atoms. The molecule has 2 aromatic carbocycles. The van der Waals surface area contributed by atoms with Gasteiger partial charge >= 0.3 is 0 Å². The lowest BCUT2D eigenvalue weighted by Gasteiger charge is -2.26. The number of nitrogens with one attached hydrogen (secondary N) is 1. The van der Waals surface area contributed by atoms with E-state index in [9.17, 15) is 4.79 Å². The van der Waals surface area contributed by atoms with Gasteiger partial charge in [0.1, 0.15) is 11.5 Å². The maximum Gasteiger partial charge on any atom is 0.258 e. The Morgan fingerprint density at radius 2 is 2.17 bits per heavy atom. The van der Waals surface area contributed by atoms with Crippen LogP contribution in [0.4, 0.5) is 0 Å². The van der Waals surface area contributed by atoms with E-state index in [-0.39, 0.29) is 18.6 Å². The lowest BCUT2D eigenvalue weighted by molar-refractivity contribution is -0.124. The molecule has 0 spiro atoms. The first-order chi connectivity index (χ1) is 11.1. The van der Waals surface area contributed by atoms with Crippen molar-refractivity contribution in [3.05, 3.63) is 58.6 Å². The Bertz CT molecular complexity index is 717. The van der Waals surface area contributed by atoms with E-state index in [1.165, 1.54) is 0 Å². The maximum absolute atomic E-state index is 12.2. The molecule has 0 aliphatic carbocycles. The average molecular weight is 332 g/mol. The molecule has 0 unspecified atom stereocenters. The molecule has 1 aliphatic rings. The van der Waals surface area contributed by atoms with Gasteiger partial charge in [-0.15, -0.1) is 0 Å². The number of amides is 1. The van der Waals surface area contributed by atoms with Crippen molar-refractivity contribution in [3.8, 4) is 11.5 Å². The van der Waals surface area contributed by atoms with E-state index in [0.29, 0.717) is 17.4 Å². The van der Waals surface area contributed by atoms with Gasteiger partial charge in [0.05, 0.1) is 12.6 Å². The predicted molar refractivity (Wildman–Crippen MR) is 89.1 cm³/mol. The summed E-state index contributed by atoms with van der Waals surface area (Å²) in [5.41, 5.74) is 1.91. The molecule has 2 aromatic rings. The summed E-state index contributed by atoms with van der Waals surface area (Å²) >= 11 is 5.91. The van der Waals surface area contributed by atoms with Crippen molar-refractivity contribution in [1.82, 2.24) is 5.32 Å². The smallest absolute Gasteiger partial charge is 0.258 e. The number of ether oxygens (including phenoxy) is 2. The fraction of sp³-hybridized carbons (Fsp3) is 0.278. The summed E-state index contributed by atoms with van der Waals surface area (Å²) in [5.74, 6) is 1.34. The number of fused-ring (bicyclic) bond motifs is 1. The molecule has 0 saturated heterocycles. The Morgan fingerprint density at radius 3 is 3.00 bits per heavy atom. The molecule has 1 aliphatic heterocycles. The van der Waals surface area contributed by atoms with Crippen LogP contribution in [0.2, 0.25) is 5.02 Å². The van der Waals surface area contributed by atoms with Crippen LogP contribution in [0.25, 0.3) is 0 Å². The molecule has 1 amide bonds. The number of hydrogen-bond donors (Lipinski definition) is 1. The van der Waals surface area contributed by atoms with Crippen molar-refractivity contribution in [2.45, 2.75) is 19.4 Å². The Hall–Kier alpha value is -2.20. The lowest BCUT2D eigenvalue weighted by Crippen LogP contribution is -2.35. The third kappa shape index (κ3) is 3.77. The Kier molecular flexibility index (Phi) is 4.72. The number of rotatable bonds is 4. The normalized spacial score (nSPS) is 16.2. The van der Waals surface area contributed by atoms with Crippen molar-refractivity contribution < 1.29 is 14.3 Å². The Labute approximate surface area is 140 Å². The average Bonchev–Trinajstić information content (AvgIpc) is 2.54. The maximum atomic E-state index is 12.2. The van der Waals surface area contributed by atoms with Gasteiger partial charge in [-0.05, 0) is 36.8 Å². The monoisotopic (exact) mass is 331 g/mol. The number of benzene rings is 2. The molecule has 4 nitrogen and oxygen atoms in total. The summed E-state index contributed by atoms with van der Waals surface area (Å²) in [5, 5.41) is 3.66. The number of para-hydroxylation sites is 1. The lowest BCUT2D eigenvalue weighted by atomic mass is 10.0. The van der Waals surface area contributed by atoms with Crippen LogP contribution in [0.1, 0.15) is 23.6 Å². The standard InChI is InChI=1S/C18H18ClNO3/c1-12-10-13(19)6-7-16(12)23-11-18(21)20-15-8-9-22-17-5-3-2-4-14(15)17/h2-7,10,15H,8-9,11H2,1H3,(H,20,21)/t15-/m1/s1. The Balaban J connectivity index is 1.60. The number of carbonyl (C=O) groups is 1. The van der Waals surface area contributed by atoms with Gasteiger partial charge in [-0.1, -0.05) is 29.8 Å². The van der Waals surface area contributed by atoms with Crippen molar-refractivity contribution in [2.24, 2.45) is 0 Å². The molecule has 1 atom stereocenters. The van der Waals surface area contributed by atoms with Crippen LogP contribution in [-0.2, 0) is 4.79 Å². The molecule has 120 valence electrons. The van der Waals surface area contributed by atoms with Gasteiger partial charge in [-0.3, -0.25) is 4.79 Å².